The number of nitrogens with two attached hydrogens (primary N) is 2. The lowest BCUT2D eigenvalue weighted by molar-refractivity contribution is -0.147. The summed E-state index contributed by atoms with van der Waals surface area (Å²) in [5, 5.41) is 14.7. The van der Waals surface area contributed by atoms with Crippen molar-refractivity contribution in [3.63, 3.8) is 0 Å². The van der Waals surface area contributed by atoms with Crippen molar-refractivity contribution in [2.75, 3.05) is 19.0 Å². The van der Waals surface area contributed by atoms with E-state index in [1.807, 2.05) is 45.0 Å². The molecule has 2 amide bonds. The molecule has 2 atom stereocenters. The molecule has 3 rings (SSSR count). The van der Waals surface area contributed by atoms with Gasteiger partial charge in [-0.2, -0.15) is 0 Å². The molecular weight excluding hydrogens is 550 g/mol. The van der Waals surface area contributed by atoms with Crippen molar-refractivity contribution in [1.29, 1.82) is 0 Å². The van der Waals surface area contributed by atoms with Gasteiger partial charge in [0, 0.05) is 17.8 Å². The summed E-state index contributed by atoms with van der Waals surface area (Å²) < 4.78 is 4.47. The van der Waals surface area contributed by atoms with Gasteiger partial charge in [-0.05, 0) is 61.7 Å². The molecule has 0 bridgehead atoms. The second-order valence-electron chi connectivity index (χ2n) is 9.60. The van der Waals surface area contributed by atoms with Gasteiger partial charge < -0.3 is 31.9 Å². The van der Waals surface area contributed by atoms with E-state index in [-0.39, 0.29) is 30.1 Å². The number of methoxy groups -OCH3 is 1. The van der Waals surface area contributed by atoms with Gasteiger partial charge in [0.25, 0.3) is 5.91 Å². The van der Waals surface area contributed by atoms with Gasteiger partial charge in [-0.25, -0.2) is 4.99 Å². The number of ether oxygens (including phenoxy) is 1. The summed E-state index contributed by atoms with van der Waals surface area (Å²) in [6.07, 6.45) is 0.560. The zero-order valence-corrected chi connectivity index (χ0v) is 24.8. The molecule has 0 fully saturated rings. The Morgan fingerprint density at radius 2 is 1.51 bits per heavy atom. The van der Waals surface area contributed by atoms with Crippen LogP contribution in [0.5, 0.6) is 0 Å². The second kappa shape index (κ2) is 16.9. The molecule has 3 aromatic rings. The van der Waals surface area contributed by atoms with Crippen LogP contribution in [0.4, 0.5) is 11.4 Å². The van der Waals surface area contributed by atoms with Crippen molar-refractivity contribution in [3.05, 3.63) is 95.1 Å². The number of likely N-dealkylation sites (N-methyl/N-ethyl adjacent to an activating group) is 1. The summed E-state index contributed by atoms with van der Waals surface area (Å²) in [5.74, 6) is -2.92. The third-order valence-corrected chi connectivity index (χ3v) is 6.39. The highest BCUT2D eigenvalue weighted by Crippen LogP contribution is 2.23. The van der Waals surface area contributed by atoms with Crippen LogP contribution in [0.25, 0.3) is 0 Å². The van der Waals surface area contributed by atoms with Crippen molar-refractivity contribution in [2.24, 2.45) is 16.5 Å². The highest BCUT2D eigenvalue weighted by atomic mass is 16.5. The van der Waals surface area contributed by atoms with Crippen LogP contribution in [0.15, 0.2) is 77.8 Å². The topological polar surface area (TPSA) is 186 Å². The fraction of sp³-hybridized carbons (Fsp3) is 0.281. The predicted octanol–water partition coefficient (Wildman–Crippen LogP) is 4.20. The summed E-state index contributed by atoms with van der Waals surface area (Å²) >= 11 is 0. The van der Waals surface area contributed by atoms with E-state index < -0.39 is 17.9 Å². The van der Waals surface area contributed by atoms with Gasteiger partial charge in [0.1, 0.15) is 0 Å². The number of aryl methyl sites for hydroxylation is 1. The molecule has 0 saturated carbocycles. The van der Waals surface area contributed by atoms with Crippen LogP contribution in [0.2, 0.25) is 0 Å². The zero-order valence-electron chi connectivity index (χ0n) is 24.8. The fourth-order valence-electron chi connectivity index (χ4n) is 4.13. The van der Waals surface area contributed by atoms with E-state index in [4.69, 9.17) is 16.6 Å². The predicted molar refractivity (Wildman–Crippen MR) is 166 cm³/mol. The van der Waals surface area contributed by atoms with Crippen LogP contribution in [-0.2, 0) is 19.1 Å². The van der Waals surface area contributed by atoms with Crippen LogP contribution in [0.1, 0.15) is 65.6 Å². The van der Waals surface area contributed by atoms with Gasteiger partial charge >= 0.3 is 11.9 Å². The molecule has 228 valence electrons. The Bertz CT molecular complexity index is 1420. The Kier molecular flexibility index (Phi) is 13.4. The number of carbonyl (C=O) groups excluding carboxylic acids is 3. The number of carboxylic acid groups (broad SMARTS) is 1. The minimum Gasteiger partial charge on any atom is -0.481 e. The molecular formula is C32H39N5O6. The molecule has 7 N–H and O–H groups in total. The van der Waals surface area contributed by atoms with Crippen molar-refractivity contribution in [3.8, 4) is 0 Å². The molecule has 0 saturated heterocycles. The number of carbonyl (C=O) groups is 4. The summed E-state index contributed by atoms with van der Waals surface area (Å²) in [6, 6.07) is 21.1. The van der Waals surface area contributed by atoms with E-state index in [0.29, 0.717) is 35.5 Å². The minimum atomic E-state index is -1.02. The first-order valence-corrected chi connectivity index (χ1v) is 13.7. The molecule has 3 aromatic carbocycles. The molecule has 11 nitrogen and oxygen atoms in total. The second-order valence-corrected chi connectivity index (χ2v) is 9.60. The smallest absolute Gasteiger partial charge is 0.311 e. The van der Waals surface area contributed by atoms with Gasteiger partial charge in [0.15, 0.2) is 5.96 Å². The van der Waals surface area contributed by atoms with Crippen molar-refractivity contribution < 1.29 is 29.0 Å². The van der Waals surface area contributed by atoms with E-state index in [2.05, 4.69) is 20.4 Å². The third kappa shape index (κ3) is 11.0. The number of aliphatic imine (C=N–C) groups is 1. The molecule has 0 radical (unpaired) electrons. The summed E-state index contributed by atoms with van der Waals surface area (Å²) in [7, 11) is 1.25. The third-order valence-electron chi connectivity index (χ3n) is 6.39. The van der Waals surface area contributed by atoms with Crippen LogP contribution < -0.4 is 22.1 Å². The lowest BCUT2D eigenvalue weighted by atomic mass is 9.95. The van der Waals surface area contributed by atoms with E-state index in [1.165, 1.54) is 7.11 Å². The first-order valence-electron chi connectivity index (χ1n) is 13.7. The molecule has 2 unspecified atom stereocenters. The van der Waals surface area contributed by atoms with Crippen LogP contribution >= 0.6 is 0 Å². The number of benzene rings is 3. The number of amides is 2. The Morgan fingerprint density at radius 3 is 2.05 bits per heavy atom. The van der Waals surface area contributed by atoms with Crippen molar-refractivity contribution in [1.82, 2.24) is 5.32 Å². The molecule has 0 aliphatic heterocycles. The number of esters is 1. The Morgan fingerprint density at radius 1 is 0.907 bits per heavy atom. The van der Waals surface area contributed by atoms with Crippen LogP contribution in [0, 0.1) is 6.92 Å². The first-order chi connectivity index (χ1) is 20.5. The number of nitrogens with zero attached hydrogens (tertiary/aromatic N) is 1. The Labute approximate surface area is 251 Å². The first kappa shape index (κ1) is 34.0. The maximum absolute atomic E-state index is 12.4. The number of carboxylic acids is 1. The number of guanidine groups is 1. The van der Waals surface area contributed by atoms with Gasteiger partial charge in [0.05, 0.1) is 31.1 Å². The Hall–Kier alpha value is -5.19. The highest BCUT2D eigenvalue weighted by Gasteiger charge is 2.23. The number of rotatable bonds is 11. The lowest BCUT2D eigenvalue weighted by Crippen LogP contribution is -2.28. The van der Waals surface area contributed by atoms with Crippen molar-refractivity contribution >= 4 is 41.1 Å². The monoisotopic (exact) mass is 589 g/mol. The average molecular weight is 590 g/mol. The molecule has 0 aliphatic carbocycles. The molecule has 43 heavy (non-hydrogen) atoms. The van der Waals surface area contributed by atoms with E-state index >= 15 is 0 Å². The zero-order chi connectivity index (χ0) is 31.9. The standard InChI is InChI=1S/C20H25N5O2.C12H14O4/c1-3-17(19(27)23-4-2)13-8-10-15(11-9-13)24-18(26)14-6-5-7-16(12-14)25-20(21)22;1-8-3-5-9(6-4-8)10(12(14)15)7-11(13)16-2/h5-12,17H,3-4H2,1-2H3,(H,23,27)(H,24,26)(H4,21,22,25);3-6,10H,7H2,1-2H3,(H,14,15). The lowest BCUT2D eigenvalue weighted by Gasteiger charge is -2.15. The molecule has 0 spiro atoms. The van der Waals surface area contributed by atoms with Gasteiger partial charge in [-0.1, -0.05) is 55.0 Å². The van der Waals surface area contributed by atoms with Gasteiger partial charge in [0.2, 0.25) is 5.91 Å². The molecule has 0 heterocycles. The molecule has 0 aromatic heterocycles. The van der Waals surface area contributed by atoms with Crippen molar-refractivity contribution in [2.45, 2.75) is 45.4 Å². The summed E-state index contributed by atoms with van der Waals surface area (Å²) in [6.45, 7) is 6.38. The highest BCUT2D eigenvalue weighted by molar-refractivity contribution is 6.04. The number of anilines is 1. The van der Waals surface area contributed by atoms with E-state index in [1.54, 1.807) is 48.5 Å². The van der Waals surface area contributed by atoms with Gasteiger partial charge in [-0.3, -0.25) is 19.2 Å². The summed E-state index contributed by atoms with van der Waals surface area (Å²) in [5.41, 5.74) is 14.9. The minimum absolute atomic E-state index is 0.00771. The quantitative estimate of drug-likeness (QED) is 0.125. The molecule has 11 heteroatoms. The Balaban J connectivity index is 0.000000344. The molecule has 0 aliphatic rings. The normalized spacial score (nSPS) is 11.5. The van der Waals surface area contributed by atoms with Gasteiger partial charge in [-0.15, -0.1) is 0 Å². The number of hydrogen-bond acceptors (Lipinski definition) is 6. The largest absolute Gasteiger partial charge is 0.481 e. The van der Waals surface area contributed by atoms with E-state index in [0.717, 1.165) is 11.1 Å². The SMILES string of the molecule is CCNC(=O)C(CC)c1ccc(NC(=O)c2cccc(N=C(N)N)c2)cc1.COC(=O)CC(C(=O)O)c1ccc(C)cc1. The fourth-order valence-corrected chi connectivity index (χ4v) is 4.13. The van der Waals surface area contributed by atoms with Crippen LogP contribution in [0.3, 0.4) is 0 Å². The number of hydrogen-bond donors (Lipinski definition) is 5. The average Bonchev–Trinajstić information content (AvgIpc) is 2.97. The summed E-state index contributed by atoms with van der Waals surface area (Å²) in [4.78, 5) is 50.6. The van der Waals surface area contributed by atoms with Crippen LogP contribution in [-0.4, -0.2) is 48.5 Å². The van der Waals surface area contributed by atoms with E-state index in [9.17, 15) is 19.2 Å². The maximum atomic E-state index is 12.4. The maximum Gasteiger partial charge on any atom is 0.311 e. The number of aliphatic carboxylic acids is 1. The number of nitrogens with one attached hydrogen (secondary N) is 2.